The van der Waals surface area contributed by atoms with E-state index in [1.165, 1.54) is 186 Å². The van der Waals surface area contributed by atoms with Crippen LogP contribution in [0.2, 0.25) is 0 Å². The van der Waals surface area contributed by atoms with Crippen molar-refractivity contribution in [2.75, 3.05) is 13.2 Å². The van der Waals surface area contributed by atoms with Crippen molar-refractivity contribution < 1.29 is 39.8 Å². The van der Waals surface area contributed by atoms with Crippen molar-refractivity contribution in [3.63, 3.8) is 0 Å². The Balaban J connectivity index is 2.16. The molecule has 1 amide bonds. The van der Waals surface area contributed by atoms with Gasteiger partial charge in [0.25, 0.3) is 0 Å². The Kier molecular flexibility index (Phi) is 38.3. The molecule has 1 fully saturated rings. The highest BCUT2D eigenvalue weighted by Crippen LogP contribution is 2.23. The number of aliphatic hydroxyl groups excluding tert-OH is 5. The fourth-order valence-electron chi connectivity index (χ4n) is 8.40. The van der Waals surface area contributed by atoms with Crippen LogP contribution in [0.15, 0.2) is 0 Å². The van der Waals surface area contributed by atoms with Gasteiger partial charge in [-0.3, -0.25) is 4.79 Å². The molecule has 1 aliphatic heterocycles. The first-order valence-electron chi connectivity index (χ1n) is 25.2. The van der Waals surface area contributed by atoms with E-state index in [0.717, 1.165) is 38.5 Å². The number of nitrogens with one attached hydrogen (secondary N) is 1. The lowest BCUT2D eigenvalue weighted by atomic mass is 9.99. The average molecular weight is 828 g/mol. The van der Waals surface area contributed by atoms with Gasteiger partial charge < -0.3 is 40.3 Å². The smallest absolute Gasteiger partial charge is 0.220 e. The molecule has 9 heteroatoms. The second-order valence-electron chi connectivity index (χ2n) is 18.0. The Morgan fingerprint density at radius 2 is 0.862 bits per heavy atom. The fourth-order valence-corrected chi connectivity index (χ4v) is 8.40. The van der Waals surface area contributed by atoms with E-state index in [0.29, 0.717) is 12.8 Å². The van der Waals surface area contributed by atoms with Gasteiger partial charge in [-0.1, -0.05) is 232 Å². The van der Waals surface area contributed by atoms with Crippen LogP contribution < -0.4 is 5.32 Å². The van der Waals surface area contributed by atoms with E-state index >= 15 is 0 Å². The second kappa shape index (κ2) is 40.3. The Hall–Kier alpha value is -0.810. The molecule has 0 aromatic carbocycles. The maximum atomic E-state index is 13.0. The van der Waals surface area contributed by atoms with Crippen LogP contribution in [0.25, 0.3) is 0 Å². The number of rotatable bonds is 43. The molecule has 0 aromatic rings. The summed E-state index contributed by atoms with van der Waals surface area (Å²) in [5.41, 5.74) is 0. The molecule has 7 atom stereocenters. The first kappa shape index (κ1) is 55.2. The lowest BCUT2D eigenvalue weighted by molar-refractivity contribution is -0.302. The van der Waals surface area contributed by atoms with Crippen molar-refractivity contribution in [3.8, 4) is 0 Å². The SMILES string of the molecule is CCCCCCCCCCCCCCCCCCCCCCCCCCCC(=O)NC(COC1OC(CO)C(O)C(O)C1O)C(O)CCCCCCCCCCCC. The summed E-state index contributed by atoms with van der Waals surface area (Å²) < 4.78 is 11.3. The summed E-state index contributed by atoms with van der Waals surface area (Å²) in [7, 11) is 0. The average Bonchev–Trinajstić information content (AvgIpc) is 3.22. The lowest BCUT2D eigenvalue weighted by Crippen LogP contribution is -2.60. The third-order valence-electron chi connectivity index (χ3n) is 12.5. The summed E-state index contributed by atoms with van der Waals surface area (Å²) in [5, 5.41) is 54.3. The van der Waals surface area contributed by atoms with E-state index in [1.54, 1.807) is 0 Å². The molecule has 7 unspecified atom stereocenters. The van der Waals surface area contributed by atoms with E-state index in [9.17, 15) is 30.3 Å². The minimum absolute atomic E-state index is 0.132. The Labute approximate surface area is 357 Å². The molecule has 1 aliphatic rings. The van der Waals surface area contributed by atoms with Crippen molar-refractivity contribution in [2.24, 2.45) is 0 Å². The molecular weight excluding hydrogens is 731 g/mol. The normalized spacial score (nSPS) is 20.7. The lowest BCUT2D eigenvalue weighted by Gasteiger charge is -2.40. The predicted molar refractivity (Wildman–Crippen MR) is 240 cm³/mol. The Bertz CT molecular complexity index is 878. The molecule has 0 radical (unpaired) electrons. The topological polar surface area (TPSA) is 149 Å². The standard InChI is InChI=1S/C49H97NO8/c1-3-5-7-9-11-13-15-16-17-18-19-20-21-22-23-24-25-26-27-28-29-31-33-35-37-39-45(53)50-42(41-57-49-48(56)47(55)46(54)44(40-51)58-49)43(52)38-36-34-32-30-14-12-10-8-6-4-2/h42-44,46-49,51-52,54-56H,3-41H2,1-2H3,(H,50,53). The number of carbonyl (C=O) groups is 1. The third kappa shape index (κ3) is 30.3. The highest BCUT2D eigenvalue weighted by Gasteiger charge is 2.44. The number of hydrogen-bond donors (Lipinski definition) is 6. The first-order chi connectivity index (χ1) is 28.3. The number of carbonyl (C=O) groups excluding carboxylic acids is 1. The Morgan fingerprint density at radius 3 is 1.22 bits per heavy atom. The quantitative estimate of drug-likeness (QED) is 0.0333. The maximum Gasteiger partial charge on any atom is 0.220 e. The summed E-state index contributed by atoms with van der Waals surface area (Å²) in [6.45, 7) is 3.84. The molecule has 1 rings (SSSR count). The third-order valence-corrected chi connectivity index (χ3v) is 12.5. The summed E-state index contributed by atoms with van der Waals surface area (Å²) in [6.07, 6.45) is 38.5. The minimum atomic E-state index is -1.55. The van der Waals surface area contributed by atoms with Crippen LogP contribution in [0.4, 0.5) is 0 Å². The van der Waals surface area contributed by atoms with Crippen molar-refractivity contribution >= 4 is 5.91 Å². The first-order valence-corrected chi connectivity index (χ1v) is 25.2. The van der Waals surface area contributed by atoms with E-state index < -0.39 is 49.5 Å². The predicted octanol–water partition coefficient (Wildman–Crippen LogP) is 11.1. The molecule has 0 spiro atoms. The molecule has 6 N–H and O–H groups in total. The highest BCUT2D eigenvalue weighted by atomic mass is 16.7. The van der Waals surface area contributed by atoms with Crippen LogP contribution in [0.1, 0.15) is 251 Å². The van der Waals surface area contributed by atoms with Crippen LogP contribution in [0, 0.1) is 0 Å². The monoisotopic (exact) mass is 828 g/mol. The molecule has 346 valence electrons. The molecular formula is C49H97NO8. The second-order valence-corrected chi connectivity index (χ2v) is 18.0. The van der Waals surface area contributed by atoms with Gasteiger partial charge in [-0.2, -0.15) is 0 Å². The number of aliphatic hydroxyl groups is 5. The largest absolute Gasteiger partial charge is 0.394 e. The van der Waals surface area contributed by atoms with Gasteiger partial charge in [0.2, 0.25) is 5.91 Å². The highest BCUT2D eigenvalue weighted by molar-refractivity contribution is 5.76. The summed E-state index contributed by atoms with van der Waals surface area (Å²) in [6, 6.07) is -0.711. The van der Waals surface area contributed by atoms with Gasteiger partial charge in [-0.15, -0.1) is 0 Å². The van der Waals surface area contributed by atoms with E-state index in [-0.39, 0.29) is 12.5 Å². The molecule has 0 bridgehead atoms. The van der Waals surface area contributed by atoms with Crippen LogP contribution in [-0.4, -0.2) is 87.5 Å². The molecule has 1 saturated heterocycles. The summed E-state index contributed by atoms with van der Waals surface area (Å²) in [5.74, 6) is -0.140. The summed E-state index contributed by atoms with van der Waals surface area (Å²) >= 11 is 0. The van der Waals surface area contributed by atoms with Gasteiger partial charge in [0, 0.05) is 6.42 Å². The summed E-state index contributed by atoms with van der Waals surface area (Å²) in [4.78, 5) is 13.0. The maximum absolute atomic E-state index is 13.0. The van der Waals surface area contributed by atoms with Crippen LogP contribution in [0.5, 0.6) is 0 Å². The fraction of sp³-hybridized carbons (Fsp3) is 0.980. The zero-order chi connectivity index (χ0) is 42.3. The van der Waals surface area contributed by atoms with Gasteiger partial charge in [0.1, 0.15) is 24.4 Å². The van der Waals surface area contributed by atoms with Crippen molar-refractivity contribution in [1.82, 2.24) is 5.32 Å². The van der Waals surface area contributed by atoms with Gasteiger partial charge >= 0.3 is 0 Å². The van der Waals surface area contributed by atoms with Gasteiger partial charge in [0.15, 0.2) is 6.29 Å². The van der Waals surface area contributed by atoms with Crippen molar-refractivity contribution in [1.29, 1.82) is 0 Å². The van der Waals surface area contributed by atoms with Crippen molar-refractivity contribution in [2.45, 2.75) is 294 Å². The molecule has 1 heterocycles. The molecule has 58 heavy (non-hydrogen) atoms. The molecule has 0 aliphatic carbocycles. The Morgan fingerprint density at radius 1 is 0.517 bits per heavy atom. The van der Waals surface area contributed by atoms with Crippen LogP contribution in [-0.2, 0) is 14.3 Å². The zero-order valence-electron chi connectivity index (χ0n) is 38.1. The number of unbranched alkanes of at least 4 members (excludes halogenated alkanes) is 33. The molecule has 9 nitrogen and oxygen atoms in total. The minimum Gasteiger partial charge on any atom is -0.394 e. The zero-order valence-corrected chi connectivity index (χ0v) is 38.1. The molecule has 0 aromatic heterocycles. The van der Waals surface area contributed by atoms with Crippen molar-refractivity contribution in [3.05, 3.63) is 0 Å². The van der Waals surface area contributed by atoms with Gasteiger partial charge in [-0.05, 0) is 12.8 Å². The van der Waals surface area contributed by atoms with Crippen LogP contribution in [0.3, 0.4) is 0 Å². The van der Waals surface area contributed by atoms with Crippen LogP contribution >= 0.6 is 0 Å². The number of amides is 1. The number of hydrogen-bond acceptors (Lipinski definition) is 8. The van der Waals surface area contributed by atoms with E-state index in [2.05, 4.69) is 19.2 Å². The van der Waals surface area contributed by atoms with E-state index in [4.69, 9.17) is 9.47 Å². The molecule has 0 saturated carbocycles. The van der Waals surface area contributed by atoms with Gasteiger partial charge in [0.05, 0.1) is 25.4 Å². The number of ether oxygens (including phenoxy) is 2. The van der Waals surface area contributed by atoms with Gasteiger partial charge in [-0.25, -0.2) is 0 Å². The van der Waals surface area contributed by atoms with E-state index in [1.807, 2.05) is 0 Å².